The van der Waals surface area contributed by atoms with E-state index in [0.717, 1.165) is 23.9 Å². The summed E-state index contributed by atoms with van der Waals surface area (Å²) in [5.41, 5.74) is 3.81. The van der Waals surface area contributed by atoms with E-state index < -0.39 is 0 Å². The van der Waals surface area contributed by atoms with E-state index in [1.54, 1.807) is 0 Å². The first-order valence-electron chi connectivity index (χ1n) is 7.00. The molecule has 0 N–H and O–H groups in total. The van der Waals surface area contributed by atoms with E-state index in [1.807, 2.05) is 30.1 Å². The van der Waals surface area contributed by atoms with Crippen LogP contribution in [0.15, 0.2) is 35.9 Å². The van der Waals surface area contributed by atoms with Crippen LogP contribution >= 0.6 is 23.4 Å². The van der Waals surface area contributed by atoms with Gasteiger partial charge in [0.15, 0.2) is 0 Å². The second-order valence-electron chi connectivity index (χ2n) is 5.12. The van der Waals surface area contributed by atoms with E-state index in [1.165, 1.54) is 16.7 Å². The second-order valence-corrected chi connectivity index (χ2v) is 6.41. The van der Waals surface area contributed by atoms with Crippen molar-refractivity contribution < 1.29 is 0 Å². The highest BCUT2D eigenvalue weighted by Crippen LogP contribution is 2.50. The molecule has 3 nitrogen and oxygen atoms in total. The molecule has 0 aromatic carbocycles. The zero-order chi connectivity index (χ0) is 14.4. The highest BCUT2D eigenvalue weighted by Gasteiger charge is 2.33. The molecule has 1 unspecified atom stereocenters. The molecule has 5 heteroatoms. The lowest BCUT2D eigenvalue weighted by Gasteiger charge is -2.23. The Hall–Kier alpha value is -1.52. The molecule has 0 radical (unpaired) electrons. The smallest absolute Gasteiger partial charge is 0.141 e. The Bertz CT molecular complexity index is 744. The first-order chi connectivity index (χ1) is 10.3. The number of aromatic nitrogens is 2. The van der Waals surface area contributed by atoms with Crippen LogP contribution in [-0.2, 0) is 0 Å². The summed E-state index contributed by atoms with van der Waals surface area (Å²) in [5, 5.41) is 2.80. The standard InChI is InChI=1S/C16H14ClN3S/c1-2-20-15-10(4-3-7-18-15)12-8-21-9-13(12)11-5-6-14(17)19-16(11)20/h3-8,13H,2,9H2,1H3. The van der Waals surface area contributed by atoms with Gasteiger partial charge in [-0.2, -0.15) is 0 Å². The third kappa shape index (κ3) is 1.97. The van der Waals surface area contributed by atoms with Crippen LogP contribution in [0.25, 0.3) is 5.57 Å². The van der Waals surface area contributed by atoms with Crippen LogP contribution < -0.4 is 4.90 Å². The normalized spacial score (nSPS) is 19.4. The number of halogens is 1. The Balaban J connectivity index is 2.05. The lowest BCUT2D eigenvalue weighted by Crippen LogP contribution is -2.20. The van der Waals surface area contributed by atoms with Gasteiger partial charge >= 0.3 is 0 Å². The van der Waals surface area contributed by atoms with E-state index in [9.17, 15) is 0 Å². The summed E-state index contributed by atoms with van der Waals surface area (Å²) in [4.78, 5) is 11.4. The largest absolute Gasteiger partial charge is 0.311 e. The topological polar surface area (TPSA) is 29.0 Å². The van der Waals surface area contributed by atoms with Crippen LogP contribution in [-0.4, -0.2) is 22.3 Å². The Morgan fingerprint density at radius 2 is 2.24 bits per heavy atom. The Labute approximate surface area is 133 Å². The number of anilines is 2. The van der Waals surface area contributed by atoms with E-state index >= 15 is 0 Å². The summed E-state index contributed by atoms with van der Waals surface area (Å²) >= 11 is 8.00. The molecular weight excluding hydrogens is 302 g/mol. The van der Waals surface area contributed by atoms with Crippen LogP contribution in [0.1, 0.15) is 24.0 Å². The molecule has 0 aliphatic carbocycles. The van der Waals surface area contributed by atoms with Gasteiger partial charge < -0.3 is 4.90 Å². The summed E-state index contributed by atoms with van der Waals surface area (Å²) in [5.74, 6) is 3.35. The van der Waals surface area contributed by atoms with E-state index in [4.69, 9.17) is 11.6 Å². The summed E-state index contributed by atoms with van der Waals surface area (Å²) in [6, 6.07) is 8.16. The minimum Gasteiger partial charge on any atom is -0.311 e. The Morgan fingerprint density at radius 3 is 3.10 bits per heavy atom. The maximum atomic E-state index is 6.14. The van der Waals surface area contributed by atoms with E-state index in [0.29, 0.717) is 11.1 Å². The summed E-state index contributed by atoms with van der Waals surface area (Å²) < 4.78 is 0. The molecule has 4 heterocycles. The highest BCUT2D eigenvalue weighted by atomic mass is 35.5. The SMILES string of the molecule is CCN1c2ncccc2C2=CSCC2c2ccc(Cl)nc21. The first-order valence-corrected chi connectivity index (χ1v) is 8.43. The minimum absolute atomic E-state index is 0.370. The van der Waals surface area contributed by atoms with Crippen molar-refractivity contribution in [3.8, 4) is 0 Å². The number of hydrogen-bond acceptors (Lipinski definition) is 4. The number of thioether (sulfide) groups is 1. The zero-order valence-corrected chi connectivity index (χ0v) is 13.2. The molecule has 0 amide bonds. The first kappa shape index (κ1) is 13.2. The molecule has 2 aliphatic rings. The zero-order valence-electron chi connectivity index (χ0n) is 11.6. The minimum atomic E-state index is 0.370. The quantitative estimate of drug-likeness (QED) is 0.726. The van der Waals surface area contributed by atoms with Gasteiger partial charge in [0, 0.05) is 35.5 Å². The van der Waals surface area contributed by atoms with Crippen LogP contribution in [0.5, 0.6) is 0 Å². The average Bonchev–Trinajstić information content (AvgIpc) is 2.94. The number of pyridine rings is 2. The molecule has 4 rings (SSSR count). The molecule has 0 saturated carbocycles. The number of nitrogens with zero attached hydrogens (tertiary/aromatic N) is 3. The predicted octanol–water partition coefficient (Wildman–Crippen LogP) is 4.47. The van der Waals surface area contributed by atoms with Crippen molar-refractivity contribution in [2.45, 2.75) is 12.8 Å². The fourth-order valence-electron chi connectivity index (χ4n) is 3.08. The van der Waals surface area contributed by atoms with Crippen LogP contribution in [0, 0.1) is 0 Å². The maximum absolute atomic E-state index is 6.14. The fourth-order valence-corrected chi connectivity index (χ4v) is 4.34. The molecule has 0 bridgehead atoms. The van der Waals surface area contributed by atoms with Gasteiger partial charge in [0.2, 0.25) is 0 Å². The molecule has 2 aromatic heterocycles. The van der Waals surface area contributed by atoms with Crippen molar-refractivity contribution in [3.05, 3.63) is 52.2 Å². The van der Waals surface area contributed by atoms with Gasteiger partial charge in [-0.15, -0.1) is 11.8 Å². The molecule has 2 aliphatic heterocycles. The Kier molecular flexibility index (Phi) is 3.16. The van der Waals surface area contributed by atoms with Crippen molar-refractivity contribution in [2.24, 2.45) is 0 Å². The molecular formula is C16H14ClN3S. The predicted molar refractivity (Wildman–Crippen MR) is 89.3 cm³/mol. The molecule has 106 valence electrons. The number of hydrogen-bond donors (Lipinski definition) is 0. The van der Waals surface area contributed by atoms with Crippen LogP contribution in [0.4, 0.5) is 11.6 Å². The van der Waals surface area contributed by atoms with Crippen molar-refractivity contribution in [1.82, 2.24) is 9.97 Å². The van der Waals surface area contributed by atoms with Gasteiger partial charge in [0.05, 0.1) is 0 Å². The number of rotatable bonds is 1. The molecule has 1 atom stereocenters. The van der Waals surface area contributed by atoms with E-state index in [-0.39, 0.29) is 0 Å². The molecule has 2 aromatic rings. The van der Waals surface area contributed by atoms with Crippen molar-refractivity contribution >= 4 is 40.6 Å². The number of allylic oxidation sites excluding steroid dienone is 1. The van der Waals surface area contributed by atoms with E-state index in [2.05, 4.69) is 39.3 Å². The average molecular weight is 316 g/mol. The lowest BCUT2D eigenvalue weighted by molar-refractivity contribution is 0.937. The maximum Gasteiger partial charge on any atom is 0.141 e. The van der Waals surface area contributed by atoms with Gasteiger partial charge in [-0.3, -0.25) is 0 Å². The van der Waals surface area contributed by atoms with Gasteiger partial charge in [-0.1, -0.05) is 17.7 Å². The summed E-state index contributed by atoms with van der Waals surface area (Å²) in [6.45, 7) is 2.94. The summed E-state index contributed by atoms with van der Waals surface area (Å²) in [7, 11) is 0. The van der Waals surface area contributed by atoms with Gasteiger partial charge in [0.25, 0.3) is 0 Å². The second kappa shape index (κ2) is 5.04. The Morgan fingerprint density at radius 1 is 1.33 bits per heavy atom. The number of fused-ring (bicyclic) bond motifs is 5. The third-order valence-corrected chi connectivity index (χ3v) is 5.18. The molecule has 0 saturated heterocycles. The lowest BCUT2D eigenvalue weighted by atomic mass is 9.91. The summed E-state index contributed by atoms with van der Waals surface area (Å²) in [6.07, 6.45) is 1.84. The molecule has 0 spiro atoms. The monoisotopic (exact) mass is 315 g/mol. The van der Waals surface area contributed by atoms with Gasteiger partial charge in [-0.25, -0.2) is 9.97 Å². The van der Waals surface area contributed by atoms with Crippen molar-refractivity contribution in [3.63, 3.8) is 0 Å². The van der Waals surface area contributed by atoms with Gasteiger partial charge in [-0.05, 0) is 36.1 Å². The van der Waals surface area contributed by atoms with Crippen LogP contribution in [0.3, 0.4) is 0 Å². The third-order valence-electron chi connectivity index (χ3n) is 4.02. The van der Waals surface area contributed by atoms with Crippen molar-refractivity contribution in [1.29, 1.82) is 0 Å². The molecule has 21 heavy (non-hydrogen) atoms. The van der Waals surface area contributed by atoms with Gasteiger partial charge in [0.1, 0.15) is 16.8 Å². The molecule has 0 fully saturated rings. The van der Waals surface area contributed by atoms with Crippen molar-refractivity contribution in [2.75, 3.05) is 17.2 Å². The highest BCUT2D eigenvalue weighted by molar-refractivity contribution is 8.02. The fraction of sp³-hybridized carbons (Fsp3) is 0.250. The van der Waals surface area contributed by atoms with Crippen LogP contribution in [0.2, 0.25) is 5.15 Å².